The van der Waals surface area contributed by atoms with Crippen LogP contribution < -0.4 is 15.4 Å². The maximum Gasteiger partial charge on any atom is 0.238 e. The Balaban J connectivity index is 2.61. The summed E-state index contributed by atoms with van der Waals surface area (Å²) in [4.78, 5) is 11.5. The number of nitrogens with one attached hydrogen (secondary N) is 2. The van der Waals surface area contributed by atoms with E-state index in [-0.39, 0.29) is 5.91 Å². The van der Waals surface area contributed by atoms with Crippen molar-refractivity contribution in [2.24, 2.45) is 0 Å². The van der Waals surface area contributed by atoms with Crippen LogP contribution in [-0.2, 0) is 4.79 Å². The van der Waals surface area contributed by atoms with Gasteiger partial charge in [-0.25, -0.2) is 0 Å². The molecule has 2 N–H and O–H groups in total. The van der Waals surface area contributed by atoms with E-state index in [0.29, 0.717) is 24.6 Å². The van der Waals surface area contributed by atoms with Gasteiger partial charge in [0.05, 0.1) is 18.8 Å². The standard InChI is InChI=1S/C12H18N2O2/c1-3-13-9-12(15)14-10-7-5-6-8-11(10)16-4-2/h5-8,13H,3-4,9H2,1-2H3,(H,14,15). The van der Waals surface area contributed by atoms with Crippen LogP contribution in [0.15, 0.2) is 24.3 Å². The summed E-state index contributed by atoms with van der Waals surface area (Å²) in [6.07, 6.45) is 0. The molecule has 0 saturated carbocycles. The maximum atomic E-state index is 11.5. The van der Waals surface area contributed by atoms with E-state index in [1.54, 1.807) is 0 Å². The largest absolute Gasteiger partial charge is 0.492 e. The van der Waals surface area contributed by atoms with Crippen molar-refractivity contribution in [1.29, 1.82) is 0 Å². The lowest BCUT2D eigenvalue weighted by molar-refractivity contribution is -0.115. The number of anilines is 1. The number of carbonyl (C=O) groups is 1. The number of benzene rings is 1. The molecule has 0 unspecified atom stereocenters. The molecule has 0 atom stereocenters. The van der Waals surface area contributed by atoms with Gasteiger partial charge in [-0.3, -0.25) is 4.79 Å². The summed E-state index contributed by atoms with van der Waals surface area (Å²) in [5, 5.41) is 5.77. The summed E-state index contributed by atoms with van der Waals surface area (Å²) in [6.45, 7) is 5.55. The minimum absolute atomic E-state index is 0.0611. The number of hydrogen-bond acceptors (Lipinski definition) is 3. The number of rotatable bonds is 6. The van der Waals surface area contributed by atoms with Crippen molar-refractivity contribution in [2.75, 3.05) is 25.0 Å². The zero-order valence-electron chi connectivity index (χ0n) is 9.75. The van der Waals surface area contributed by atoms with E-state index in [0.717, 1.165) is 6.54 Å². The molecular weight excluding hydrogens is 204 g/mol. The minimum Gasteiger partial charge on any atom is -0.492 e. The van der Waals surface area contributed by atoms with Gasteiger partial charge in [0.25, 0.3) is 0 Å². The van der Waals surface area contributed by atoms with Crippen LogP contribution in [0.4, 0.5) is 5.69 Å². The highest BCUT2D eigenvalue weighted by Crippen LogP contribution is 2.23. The predicted molar refractivity (Wildman–Crippen MR) is 64.8 cm³/mol. The van der Waals surface area contributed by atoms with Crippen LogP contribution in [0.1, 0.15) is 13.8 Å². The number of amides is 1. The molecule has 0 spiro atoms. The molecule has 0 radical (unpaired) electrons. The summed E-state index contributed by atoms with van der Waals surface area (Å²) in [7, 11) is 0. The van der Waals surface area contributed by atoms with Crippen molar-refractivity contribution in [2.45, 2.75) is 13.8 Å². The zero-order chi connectivity index (χ0) is 11.8. The van der Waals surface area contributed by atoms with Crippen LogP contribution in [-0.4, -0.2) is 25.6 Å². The fourth-order valence-electron chi connectivity index (χ4n) is 1.28. The van der Waals surface area contributed by atoms with Gasteiger partial charge in [-0.05, 0) is 25.6 Å². The summed E-state index contributed by atoms with van der Waals surface area (Å²) in [5.41, 5.74) is 0.715. The third-order valence-corrected chi connectivity index (χ3v) is 2.00. The molecule has 4 heteroatoms. The molecule has 0 aliphatic carbocycles. The second-order valence-electron chi connectivity index (χ2n) is 3.26. The number of ether oxygens (including phenoxy) is 1. The van der Waals surface area contributed by atoms with E-state index < -0.39 is 0 Å². The monoisotopic (exact) mass is 222 g/mol. The first kappa shape index (κ1) is 12.5. The molecule has 1 rings (SSSR count). The van der Waals surface area contributed by atoms with Crippen molar-refractivity contribution < 1.29 is 9.53 Å². The van der Waals surface area contributed by atoms with Gasteiger partial charge in [0.15, 0.2) is 0 Å². The Hall–Kier alpha value is -1.55. The summed E-state index contributed by atoms with van der Waals surface area (Å²) in [5.74, 6) is 0.642. The van der Waals surface area contributed by atoms with Crippen molar-refractivity contribution in [3.05, 3.63) is 24.3 Å². The highest BCUT2D eigenvalue weighted by molar-refractivity contribution is 5.93. The van der Waals surface area contributed by atoms with Crippen LogP contribution in [0.2, 0.25) is 0 Å². The van der Waals surface area contributed by atoms with E-state index in [2.05, 4.69) is 10.6 Å². The quantitative estimate of drug-likeness (QED) is 0.769. The predicted octanol–water partition coefficient (Wildman–Crippen LogP) is 1.63. The topological polar surface area (TPSA) is 50.4 Å². The lowest BCUT2D eigenvalue weighted by Gasteiger charge is -2.11. The Labute approximate surface area is 96.0 Å². The van der Waals surface area contributed by atoms with E-state index >= 15 is 0 Å². The van der Waals surface area contributed by atoms with Crippen molar-refractivity contribution in [3.8, 4) is 5.75 Å². The smallest absolute Gasteiger partial charge is 0.238 e. The number of hydrogen-bond donors (Lipinski definition) is 2. The number of carbonyl (C=O) groups excluding carboxylic acids is 1. The Morgan fingerprint density at radius 2 is 2.06 bits per heavy atom. The lowest BCUT2D eigenvalue weighted by Crippen LogP contribution is -2.27. The summed E-state index contributed by atoms with van der Waals surface area (Å²) >= 11 is 0. The Morgan fingerprint density at radius 3 is 2.75 bits per heavy atom. The molecule has 0 aliphatic heterocycles. The van der Waals surface area contributed by atoms with Gasteiger partial charge in [-0.2, -0.15) is 0 Å². The molecule has 0 aromatic heterocycles. The average Bonchev–Trinajstić information content (AvgIpc) is 2.29. The highest BCUT2D eigenvalue weighted by Gasteiger charge is 2.05. The van der Waals surface area contributed by atoms with Crippen molar-refractivity contribution in [1.82, 2.24) is 5.32 Å². The Morgan fingerprint density at radius 1 is 1.31 bits per heavy atom. The average molecular weight is 222 g/mol. The molecule has 0 heterocycles. The van der Waals surface area contributed by atoms with Crippen molar-refractivity contribution >= 4 is 11.6 Å². The van der Waals surface area contributed by atoms with Crippen molar-refractivity contribution in [3.63, 3.8) is 0 Å². The molecule has 1 amide bonds. The molecule has 4 nitrogen and oxygen atoms in total. The molecule has 1 aromatic rings. The Kier molecular flexibility index (Phi) is 5.36. The van der Waals surface area contributed by atoms with E-state index in [1.165, 1.54) is 0 Å². The summed E-state index contributed by atoms with van der Waals surface area (Å²) in [6, 6.07) is 7.41. The molecule has 16 heavy (non-hydrogen) atoms. The van der Waals surface area contributed by atoms with Crippen LogP contribution in [0.25, 0.3) is 0 Å². The van der Waals surface area contributed by atoms with Crippen LogP contribution >= 0.6 is 0 Å². The summed E-state index contributed by atoms with van der Waals surface area (Å²) < 4.78 is 5.41. The fraction of sp³-hybridized carbons (Fsp3) is 0.417. The minimum atomic E-state index is -0.0611. The lowest BCUT2D eigenvalue weighted by atomic mass is 10.3. The molecule has 88 valence electrons. The van der Waals surface area contributed by atoms with Gasteiger partial charge < -0.3 is 15.4 Å². The van der Waals surface area contributed by atoms with Crippen LogP contribution in [0.3, 0.4) is 0 Å². The van der Waals surface area contributed by atoms with E-state index in [1.807, 2.05) is 38.1 Å². The second-order valence-corrected chi connectivity index (χ2v) is 3.26. The van der Waals surface area contributed by atoms with E-state index in [9.17, 15) is 4.79 Å². The molecule has 0 saturated heterocycles. The maximum absolute atomic E-state index is 11.5. The first-order valence-corrected chi connectivity index (χ1v) is 5.50. The first-order valence-electron chi connectivity index (χ1n) is 5.50. The van der Waals surface area contributed by atoms with Gasteiger partial charge in [0.1, 0.15) is 5.75 Å². The molecule has 0 aliphatic rings. The van der Waals surface area contributed by atoms with Gasteiger partial charge >= 0.3 is 0 Å². The third kappa shape index (κ3) is 3.90. The van der Waals surface area contributed by atoms with Crippen LogP contribution in [0, 0.1) is 0 Å². The third-order valence-electron chi connectivity index (χ3n) is 2.00. The molecular formula is C12H18N2O2. The van der Waals surface area contributed by atoms with Crippen LogP contribution in [0.5, 0.6) is 5.75 Å². The van der Waals surface area contributed by atoms with Gasteiger partial charge in [0.2, 0.25) is 5.91 Å². The highest BCUT2D eigenvalue weighted by atomic mass is 16.5. The normalized spacial score (nSPS) is 9.88. The molecule has 1 aromatic carbocycles. The van der Waals surface area contributed by atoms with Gasteiger partial charge in [-0.1, -0.05) is 19.1 Å². The number of para-hydroxylation sites is 2. The van der Waals surface area contributed by atoms with E-state index in [4.69, 9.17) is 4.74 Å². The Bertz CT molecular complexity index is 340. The zero-order valence-corrected chi connectivity index (χ0v) is 9.75. The molecule has 0 bridgehead atoms. The van der Waals surface area contributed by atoms with Gasteiger partial charge in [-0.15, -0.1) is 0 Å². The fourth-order valence-corrected chi connectivity index (χ4v) is 1.28. The van der Waals surface area contributed by atoms with Gasteiger partial charge in [0, 0.05) is 0 Å². The second kappa shape index (κ2) is 6.85. The first-order chi connectivity index (χ1) is 7.77. The SMILES string of the molecule is CCNCC(=O)Nc1ccccc1OCC. The number of likely N-dealkylation sites (N-methyl/N-ethyl adjacent to an activating group) is 1. The molecule has 0 fully saturated rings.